The van der Waals surface area contributed by atoms with Crippen molar-refractivity contribution in [1.82, 2.24) is 4.90 Å². The molecule has 1 unspecified atom stereocenters. The average Bonchev–Trinajstić information content (AvgIpc) is 2.86. The van der Waals surface area contributed by atoms with Crippen LogP contribution in [0, 0.1) is 0 Å². The topological polar surface area (TPSA) is 38.5 Å². The summed E-state index contributed by atoms with van der Waals surface area (Å²) in [6.07, 6.45) is 1.08. The van der Waals surface area contributed by atoms with Crippen LogP contribution in [0.5, 0.6) is 0 Å². The van der Waals surface area contributed by atoms with Crippen LogP contribution < -0.4 is 5.73 Å². The van der Waals surface area contributed by atoms with Crippen molar-refractivity contribution >= 4 is 11.3 Å². The Morgan fingerprint density at radius 2 is 2.29 bits per heavy atom. The molecule has 0 saturated heterocycles. The van der Waals surface area contributed by atoms with Crippen LogP contribution in [-0.4, -0.2) is 43.8 Å². The summed E-state index contributed by atoms with van der Waals surface area (Å²) in [7, 11) is 2.12. The van der Waals surface area contributed by atoms with E-state index >= 15 is 0 Å². The van der Waals surface area contributed by atoms with Crippen molar-refractivity contribution in [2.75, 3.05) is 33.4 Å². The van der Waals surface area contributed by atoms with Crippen molar-refractivity contribution in [3.8, 4) is 0 Å². The summed E-state index contributed by atoms with van der Waals surface area (Å²) < 4.78 is 5.53. The highest BCUT2D eigenvalue weighted by Crippen LogP contribution is 2.15. The van der Waals surface area contributed by atoms with Gasteiger partial charge in [-0.25, -0.2) is 0 Å². The zero-order valence-corrected chi connectivity index (χ0v) is 11.9. The van der Waals surface area contributed by atoms with Crippen LogP contribution in [-0.2, 0) is 11.2 Å². The van der Waals surface area contributed by atoms with Crippen LogP contribution in [0.25, 0.3) is 0 Å². The molecule has 1 rings (SSSR count). The van der Waals surface area contributed by atoms with Gasteiger partial charge < -0.3 is 10.5 Å². The molecule has 0 aliphatic heterocycles. The van der Waals surface area contributed by atoms with Gasteiger partial charge in [-0.1, -0.05) is 6.07 Å². The van der Waals surface area contributed by atoms with Crippen LogP contribution >= 0.6 is 11.3 Å². The van der Waals surface area contributed by atoms with Crippen LogP contribution in [0.15, 0.2) is 17.5 Å². The molecule has 0 spiro atoms. The molecule has 0 aliphatic rings. The summed E-state index contributed by atoms with van der Waals surface area (Å²) in [5.41, 5.74) is 5.82. The number of ether oxygens (including phenoxy) is 1. The zero-order valence-electron chi connectivity index (χ0n) is 11.1. The number of likely N-dealkylation sites (N-methyl/N-ethyl adjacent to an activating group) is 1. The Kier molecular flexibility index (Phi) is 6.12. The maximum absolute atomic E-state index is 5.88. The molecule has 0 bridgehead atoms. The van der Waals surface area contributed by atoms with E-state index in [9.17, 15) is 0 Å². The molecule has 0 amide bonds. The van der Waals surface area contributed by atoms with Gasteiger partial charge in [0.25, 0.3) is 0 Å². The number of thiophene rings is 1. The first-order chi connectivity index (χ1) is 8.12. The normalized spacial score (nSPS) is 15.1. The fourth-order valence-electron chi connectivity index (χ4n) is 1.65. The predicted octanol–water partition coefficient (Wildman–Crippen LogP) is 1.98. The van der Waals surface area contributed by atoms with Crippen LogP contribution in [0.1, 0.15) is 18.7 Å². The first-order valence-electron chi connectivity index (χ1n) is 6.14. The first-order valence-corrected chi connectivity index (χ1v) is 7.02. The summed E-state index contributed by atoms with van der Waals surface area (Å²) >= 11 is 1.81. The summed E-state index contributed by atoms with van der Waals surface area (Å²) in [6, 6.07) is 4.28. The molecule has 0 aliphatic carbocycles. The quantitative estimate of drug-likeness (QED) is 0.773. The Balaban J connectivity index is 2.45. The van der Waals surface area contributed by atoms with E-state index in [1.54, 1.807) is 0 Å². The first kappa shape index (κ1) is 14.6. The van der Waals surface area contributed by atoms with Gasteiger partial charge in [-0.15, -0.1) is 11.3 Å². The van der Waals surface area contributed by atoms with Gasteiger partial charge >= 0.3 is 0 Å². The van der Waals surface area contributed by atoms with Crippen molar-refractivity contribution < 1.29 is 4.74 Å². The number of nitrogens with zero attached hydrogens (tertiary/aromatic N) is 1. The standard InChI is InChI=1S/C13H24N2OS/c1-4-16-11-13(2,10-14)15(3)8-7-12-6-5-9-17-12/h5-6,9H,4,7-8,10-11,14H2,1-3H3. The van der Waals surface area contributed by atoms with E-state index in [1.807, 2.05) is 18.3 Å². The lowest BCUT2D eigenvalue weighted by Crippen LogP contribution is -2.53. The van der Waals surface area contributed by atoms with E-state index in [-0.39, 0.29) is 5.54 Å². The highest BCUT2D eigenvalue weighted by atomic mass is 32.1. The molecule has 98 valence electrons. The molecule has 3 nitrogen and oxygen atoms in total. The summed E-state index contributed by atoms with van der Waals surface area (Å²) in [5, 5.41) is 2.12. The van der Waals surface area contributed by atoms with Crippen molar-refractivity contribution in [2.24, 2.45) is 5.73 Å². The lowest BCUT2D eigenvalue weighted by molar-refractivity contribution is 0.0247. The highest BCUT2D eigenvalue weighted by molar-refractivity contribution is 7.09. The third-order valence-corrected chi connectivity index (χ3v) is 4.19. The van der Waals surface area contributed by atoms with Crippen molar-refractivity contribution in [1.29, 1.82) is 0 Å². The third kappa shape index (κ3) is 4.39. The zero-order chi connectivity index (χ0) is 12.7. The second kappa shape index (κ2) is 7.11. The average molecular weight is 256 g/mol. The second-order valence-electron chi connectivity index (χ2n) is 4.59. The fraction of sp³-hybridized carbons (Fsp3) is 0.692. The molecule has 0 fully saturated rings. The Labute approximate surface area is 109 Å². The lowest BCUT2D eigenvalue weighted by Gasteiger charge is -2.37. The Morgan fingerprint density at radius 3 is 2.82 bits per heavy atom. The minimum Gasteiger partial charge on any atom is -0.380 e. The Bertz CT molecular complexity index is 302. The van der Waals surface area contributed by atoms with Crippen molar-refractivity contribution in [3.63, 3.8) is 0 Å². The smallest absolute Gasteiger partial charge is 0.0659 e. The highest BCUT2D eigenvalue weighted by Gasteiger charge is 2.27. The van der Waals surface area contributed by atoms with Gasteiger partial charge in [-0.2, -0.15) is 0 Å². The predicted molar refractivity (Wildman–Crippen MR) is 74.6 cm³/mol. The second-order valence-corrected chi connectivity index (χ2v) is 5.62. The molecule has 1 atom stereocenters. The van der Waals surface area contributed by atoms with E-state index < -0.39 is 0 Å². The van der Waals surface area contributed by atoms with E-state index in [0.29, 0.717) is 13.2 Å². The van der Waals surface area contributed by atoms with Gasteiger partial charge in [0.15, 0.2) is 0 Å². The number of rotatable bonds is 8. The molecule has 1 aromatic heterocycles. The summed E-state index contributed by atoms with van der Waals surface area (Å²) in [4.78, 5) is 3.73. The SMILES string of the molecule is CCOCC(C)(CN)N(C)CCc1cccs1. The monoisotopic (exact) mass is 256 g/mol. The summed E-state index contributed by atoms with van der Waals surface area (Å²) in [6.45, 7) is 7.25. The van der Waals surface area contributed by atoms with Gasteiger partial charge in [-0.05, 0) is 38.8 Å². The lowest BCUT2D eigenvalue weighted by atomic mass is 10.0. The minimum absolute atomic E-state index is 0.0622. The molecule has 0 aromatic carbocycles. The maximum atomic E-state index is 5.88. The number of hydrogen-bond donors (Lipinski definition) is 1. The molecule has 1 aromatic rings. The fourth-order valence-corrected chi connectivity index (χ4v) is 2.35. The van der Waals surface area contributed by atoms with Gasteiger partial charge in [-0.3, -0.25) is 4.90 Å². The van der Waals surface area contributed by atoms with E-state index in [4.69, 9.17) is 10.5 Å². The largest absolute Gasteiger partial charge is 0.380 e. The van der Waals surface area contributed by atoms with Crippen LogP contribution in [0.2, 0.25) is 0 Å². The molecule has 0 saturated carbocycles. The Morgan fingerprint density at radius 1 is 1.53 bits per heavy atom. The van der Waals surface area contributed by atoms with Gasteiger partial charge in [0, 0.05) is 24.6 Å². The van der Waals surface area contributed by atoms with Gasteiger partial charge in [0.2, 0.25) is 0 Å². The maximum Gasteiger partial charge on any atom is 0.0659 e. The summed E-state index contributed by atoms with van der Waals surface area (Å²) in [5.74, 6) is 0. The number of hydrogen-bond acceptors (Lipinski definition) is 4. The molecular weight excluding hydrogens is 232 g/mol. The van der Waals surface area contributed by atoms with Crippen molar-refractivity contribution in [2.45, 2.75) is 25.8 Å². The van der Waals surface area contributed by atoms with Gasteiger partial charge in [0.1, 0.15) is 0 Å². The number of nitrogens with two attached hydrogens (primary N) is 1. The molecular formula is C13H24N2OS. The molecule has 1 heterocycles. The Hall–Kier alpha value is -0.420. The van der Waals surface area contributed by atoms with Crippen LogP contribution in [0.4, 0.5) is 0 Å². The van der Waals surface area contributed by atoms with Crippen molar-refractivity contribution in [3.05, 3.63) is 22.4 Å². The van der Waals surface area contributed by atoms with E-state index in [1.165, 1.54) is 4.88 Å². The molecule has 2 N–H and O–H groups in total. The van der Waals surface area contributed by atoms with E-state index in [0.717, 1.165) is 19.6 Å². The molecule has 0 radical (unpaired) electrons. The molecule has 17 heavy (non-hydrogen) atoms. The van der Waals surface area contributed by atoms with E-state index in [2.05, 4.69) is 36.4 Å². The van der Waals surface area contributed by atoms with Gasteiger partial charge in [0.05, 0.1) is 12.1 Å². The van der Waals surface area contributed by atoms with Crippen LogP contribution in [0.3, 0.4) is 0 Å². The third-order valence-electron chi connectivity index (χ3n) is 3.25. The minimum atomic E-state index is -0.0622. The molecule has 4 heteroatoms.